The minimum Gasteiger partial charge on any atom is -0.293 e. The van der Waals surface area contributed by atoms with Gasteiger partial charge in [-0.1, -0.05) is 11.8 Å². The van der Waals surface area contributed by atoms with Crippen LogP contribution in [0.4, 0.5) is 5.69 Å². The van der Waals surface area contributed by atoms with Gasteiger partial charge in [0, 0.05) is 19.2 Å². The van der Waals surface area contributed by atoms with E-state index in [4.69, 9.17) is 0 Å². The molecule has 1 aliphatic rings. The molecule has 0 aromatic heterocycles. The van der Waals surface area contributed by atoms with E-state index in [2.05, 4.69) is 4.40 Å². The standard InChI is InChI=1S/C10H9N3O5S2/c1-12-9(14)6-19-10(12)11-20(17,18)8-4-2-7(3-5-8)13(15)16/h2-5H,6H2,1H3. The first-order valence-corrected chi connectivity index (χ1v) is 7.72. The van der Waals surface area contributed by atoms with Crippen molar-refractivity contribution in [3.8, 4) is 0 Å². The number of hydrogen-bond acceptors (Lipinski definition) is 6. The van der Waals surface area contributed by atoms with Crippen molar-refractivity contribution in [1.29, 1.82) is 0 Å². The van der Waals surface area contributed by atoms with Gasteiger partial charge >= 0.3 is 0 Å². The molecule has 0 unspecified atom stereocenters. The number of nitro groups is 1. The SMILES string of the molecule is CN1C(=O)CSC1=NS(=O)(=O)c1ccc([N+](=O)[O-])cc1. The molecule has 1 fully saturated rings. The van der Waals surface area contributed by atoms with Crippen LogP contribution in [0.1, 0.15) is 0 Å². The van der Waals surface area contributed by atoms with E-state index in [-0.39, 0.29) is 27.4 Å². The Morgan fingerprint density at radius 2 is 1.95 bits per heavy atom. The van der Waals surface area contributed by atoms with Crippen LogP contribution in [0, 0.1) is 10.1 Å². The van der Waals surface area contributed by atoms with Crippen molar-refractivity contribution in [2.45, 2.75) is 4.90 Å². The second-order valence-corrected chi connectivity index (χ2v) is 6.39. The molecule has 1 amide bonds. The number of benzene rings is 1. The molecule has 0 spiro atoms. The van der Waals surface area contributed by atoms with Crippen molar-refractivity contribution in [3.63, 3.8) is 0 Å². The molecule has 0 aliphatic carbocycles. The molecule has 0 radical (unpaired) electrons. The second-order valence-electron chi connectivity index (χ2n) is 3.84. The highest BCUT2D eigenvalue weighted by atomic mass is 32.2. The van der Waals surface area contributed by atoms with E-state index in [0.29, 0.717) is 0 Å². The Morgan fingerprint density at radius 1 is 1.35 bits per heavy atom. The number of amides is 1. The quantitative estimate of drug-likeness (QED) is 0.604. The molecule has 1 heterocycles. The highest BCUT2D eigenvalue weighted by Gasteiger charge is 2.27. The van der Waals surface area contributed by atoms with Gasteiger partial charge in [0.25, 0.3) is 15.7 Å². The number of thioether (sulfide) groups is 1. The first-order chi connectivity index (χ1) is 9.31. The van der Waals surface area contributed by atoms with E-state index in [1.807, 2.05) is 0 Å². The largest absolute Gasteiger partial charge is 0.293 e. The van der Waals surface area contributed by atoms with Gasteiger partial charge in [-0.25, -0.2) is 0 Å². The lowest BCUT2D eigenvalue weighted by Gasteiger charge is -2.07. The summed E-state index contributed by atoms with van der Waals surface area (Å²) in [5, 5.41) is 10.6. The highest BCUT2D eigenvalue weighted by molar-refractivity contribution is 8.15. The molecule has 8 nitrogen and oxygen atoms in total. The fourth-order valence-corrected chi connectivity index (χ4v) is 3.57. The molecule has 0 atom stereocenters. The Balaban J connectivity index is 2.34. The van der Waals surface area contributed by atoms with Crippen molar-refractivity contribution in [2.75, 3.05) is 12.8 Å². The zero-order valence-electron chi connectivity index (χ0n) is 10.2. The third kappa shape index (κ3) is 2.80. The van der Waals surface area contributed by atoms with E-state index in [9.17, 15) is 23.3 Å². The van der Waals surface area contributed by atoms with Gasteiger partial charge in [-0.15, -0.1) is 4.40 Å². The van der Waals surface area contributed by atoms with E-state index in [1.54, 1.807) is 0 Å². The number of nitro benzene ring substituents is 1. The number of carbonyl (C=O) groups is 1. The molecule has 106 valence electrons. The van der Waals surface area contributed by atoms with Crippen molar-refractivity contribution in [1.82, 2.24) is 4.90 Å². The molecule has 1 aliphatic heterocycles. The predicted octanol–water partition coefficient (Wildman–Crippen LogP) is 0.845. The molecule has 1 aromatic rings. The van der Waals surface area contributed by atoms with E-state index >= 15 is 0 Å². The number of amidine groups is 1. The summed E-state index contributed by atoms with van der Waals surface area (Å²) in [4.78, 5) is 22.2. The summed E-state index contributed by atoms with van der Waals surface area (Å²) in [6.45, 7) is 0. The molecule has 10 heteroatoms. The first kappa shape index (κ1) is 14.5. The Labute approximate surface area is 118 Å². The Kier molecular flexibility index (Phi) is 3.77. The number of rotatable bonds is 3. The smallest absolute Gasteiger partial charge is 0.284 e. The molecule has 0 N–H and O–H groups in total. The van der Waals surface area contributed by atoms with E-state index < -0.39 is 14.9 Å². The van der Waals surface area contributed by atoms with Crippen LogP contribution in [0.3, 0.4) is 0 Å². The zero-order chi connectivity index (χ0) is 14.9. The topological polar surface area (TPSA) is 110 Å². The normalized spacial score (nSPS) is 17.8. The first-order valence-electron chi connectivity index (χ1n) is 5.30. The van der Waals surface area contributed by atoms with Gasteiger partial charge in [-0.05, 0) is 12.1 Å². The molecule has 1 aromatic carbocycles. The second kappa shape index (κ2) is 5.21. The molecular formula is C10H9N3O5S2. The van der Waals surface area contributed by atoms with Crippen LogP contribution < -0.4 is 0 Å². The number of nitrogens with zero attached hydrogens (tertiary/aromatic N) is 3. The summed E-state index contributed by atoms with van der Waals surface area (Å²) in [7, 11) is -2.55. The summed E-state index contributed by atoms with van der Waals surface area (Å²) in [5.74, 6) is -0.0851. The van der Waals surface area contributed by atoms with Crippen LogP contribution >= 0.6 is 11.8 Å². The third-order valence-electron chi connectivity index (χ3n) is 2.53. The van der Waals surface area contributed by atoms with E-state index in [0.717, 1.165) is 40.9 Å². The maximum Gasteiger partial charge on any atom is 0.284 e. The summed E-state index contributed by atoms with van der Waals surface area (Å²) in [6, 6.07) is 4.39. The Hall–Kier alpha value is -1.94. The summed E-state index contributed by atoms with van der Waals surface area (Å²) >= 11 is 1.03. The number of non-ortho nitro benzene ring substituents is 1. The van der Waals surface area contributed by atoms with Crippen LogP contribution in [0.25, 0.3) is 0 Å². The minimum atomic E-state index is -3.99. The van der Waals surface area contributed by atoms with Gasteiger partial charge < -0.3 is 0 Å². The molecule has 20 heavy (non-hydrogen) atoms. The Bertz CT molecular complexity index is 696. The predicted molar refractivity (Wildman–Crippen MR) is 72.9 cm³/mol. The average Bonchev–Trinajstić information content (AvgIpc) is 2.70. The van der Waals surface area contributed by atoms with E-state index in [1.165, 1.54) is 7.05 Å². The molecule has 1 saturated heterocycles. The fourth-order valence-electron chi connectivity index (χ4n) is 1.41. The maximum absolute atomic E-state index is 12.0. The number of sulfonamides is 1. The van der Waals surface area contributed by atoms with Crippen LogP contribution in [0.2, 0.25) is 0 Å². The zero-order valence-corrected chi connectivity index (χ0v) is 11.8. The number of carbonyl (C=O) groups excluding carboxylic acids is 1. The molecular weight excluding hydrogens is 306 g/mol. The maximum atomic E-state index is 12.0. The summed E-state index contributed by atoms with van der Waals surface area (Å²) in [6.07, 6.45) is 0. The van der Waals surface area contributed by atoms with Gasteiger partial charge in [-0.2, -0.15) is 8.42 Å². The monoisotopic (exact) mass is 315 g/mol. The lowest BCUT2D eigenvalue weighted by molar-refractivity contribution is -0.384. The van der Waals surface area contributed by atoms with Crippen molar-refractivity contribution in [2.24, 2.45) is 4.40 Å². The van der Waals surface area contributed by atoms with Crippen LogP contribution in [0.5, 0.6) is 0 Å². The van der Waals surface area contributed by atoms with Gasteiger partial charge in [0.1, 0.15) is 0 Å². The average molecular weight is 315 g/mol. The lowest BCUT2D eigenvalue weighted by Crippen LogP contribution is -2.25. The number of hydrogen-bond donors (Lipinski definition) is 0. The van der Waals surface area contributed by atoms with Gasteiger partial charge in [0.15, 0.2) is 5.17 Å². The van der Waals surface area contributed by atoms with Crippen LogP contribution in [-0.2, 0) is 14.8 Å². The van der Waals surface area contributed by atoms with Crippen LogP contribution in [0.15, 0.2) is 33.6 Å². The lowest BCUT2D eigenvalue weighted by atomic mass is 10.3. The summed E-state index contributed by atoms with van der Waals surface area (Å²) in [5.41, 5.74) is -0.209. The molecule has 0 saturated carbocycles. The Morgan fingerprint density at radius 3 is 2.40 bits per heavy atom. The van der Waals surface area contributed by atoms with Crippen molar-refractivity contribution in [3.05, 3.63) is 34.4 Å². The van der Waals surface area contributed by atoms with Crippen molar-refractivity contribution < 1.29 is 18.1 Å². The van der Waals surface area contributed by atoms with Crippen LogP contribution in [-0.4, -0.2) is 42.1 Å². The van der Waals surface area contributed by atoms with Gasteiger partial charge in [0.05, 0.1) is 15.6 Å². The third-order valence-corrected chi connectivity index (χ3v) is 4.94. The van der Waals surface area contributed by atoms with Gasteiger partial charge in [0.2, 0.25) is 5.91 Å². The molecule has 2 rings (SSSR count). The van der Waals surface area contributed by atoms with Crippen molar-refractivity contribution >= 4 is 38.5 Å². The fraction of sp³-hybridized carbons (Fsp3) is 0.200. The van der Waals surface area contributed by atoms with Gasteiger partial charge in [-0.3, -0.25) is 19.8 Å². The highest BCUT2D eigenvalue weighted by Crippen LogP contribution is 2.22. The minimum absolute atomic E-state index is 0.0911. The summed E-state index contributed by atoms with van der Waals surface area (Å²) < 4.78 is 27.6. The molecule has 0 bridgehead atoms.